The molecule has 0 radical (unpaired) electrons. The zero-order chi connectivity index (χ0) is 18.0. The van der Waals surface area contributed by atoms with Gasteiger partial charge in [0.2, 0.25) is 5.91 Å². The number of benzene rings is 1. The fourth-order valence-corrected chi connectivity index (χ4v) is 3.08. The van der Waals surface area contributed by atoms with Crippen LogP contribution in [0.2, 0.25) is 0 Å². The van der Waals surface area contributed by atoms with E-state index in [1.54, 1.807) is 21.7 Å². The first-order valence-electron chi connectivity index (χ1n) is 8.34. The smallest absolute Gasteiger partial charge is 0.272 e. The first-order chi connectivity index (χ1) is 12.0. The summed E-state index contributed by atoms with van der Waals surface area (Å²) in [6, 6.07) is 5.98. The van der Waals surface area contributed by atoms with Crippen molar-refractivity contribution >= 4 is 11.8 Å². The lowest BCUT2D eigenvalue weighted by atomic mass is 10.0. The molecular weight excluding hydrogens is 323 g/mol. The van der Waals surface area contributed by atoms with Crippen LogP contribution >= 0.6 is 0 Å². The van der Waals surface area contributed by atoms with Crippen LogP contribution in [0.5, 0.6) is 0 Å². The summed E-state index contributed by atoms with van der Waals surface area (Å²) in [4.78, 5) is 26.3. The van der Waals surface area contributed by atoms with Crippen LogP contribution in [0.3, 0.4) is 0 Å². The third kappa shape index (κ3) is 3.55. The Hall–Kier alpha value is -2.70. The van der Waals surface area contributed by atoms with Crippen molar-refractivity contribution < 1.29 is 14.0 Å². The van der Waals surface area contributed by atoms with Crippen molar-refractivity contribution in [1.29, 1.82) is 0 Å². The minimum atomic E-state index is -0.311. The van der Waals surface area contributed by atoms with Crippen molar-refractivity contribution in [2.75, 3.05) is 6.54 Å². The highest BCUT2D eigenvalue weighted by Crippen LogP contribution is 2.22. The number of aromatic nitrogens is 2. The minimum Gasteiger partial charge on any atom is -0.347 e. The summed E-state index contributed by atoms with van der Waals surface area (Å²) in [6.45, 7) is 3.18. The molecule has 1 N–H and O–H groups in total. The van der Waals surface area contributed by atoms with Crippen LogP contribution in [-0.4, -0.2) is 33.0 Å². The molecule has 0 bridgehead atoms. The van der Waals surface area contributed by atoms with Gasteiger partial charge in [-0.25, -0.2) is 4.39 Å². The van der Waals surface area contributed by atoms with Crippen LogP contribution in [0.15, 0.2) is 24.3 Å². The van der Waals surface area contributed by atoms with Gasteiger partial charge in [-0.15, -0.1) is 0 Å². The van der Waals surface area contributed by atoms with Gasteiger partial charge in [0, 0.05) is 50.8 Å². The van der Waals surface area contributed by atoms with Gasteiger partial charge in [-0.1, -0.05) is 19.1 Å². The Balaban J connectivity index is 1.75. The van der Waals surface area contributed by atoms with Crippen molar-refractivity contribution in [3.63, 3.8) is 0 Å². The van der Waals surface area contributed by atoms with E-state index >= 15 is 0 Å². The quantitative estimate of drug-likeness (QED) is 0.919. The largest absolute Gasteiger partial charge is 0.347 e. The van der Waals surface area contributed by atoms with Crippen molar-refractivity contribution in [2.45, 2.75) is 32.9 Å². The van der Waals surface area contributed by atoms with E-state index in [-0.39, 0.29) is 17.6 Å². The Morgan fingerprint density at radius 3 is 2.68 bits per heavy atom. The van der Waals surface area contributed by atoms with E-state index in [1.165, 1.54) is 12.1 Å². The molecule has 2 heterocycles. The van der Waals surface area contributed by atoms with Gasteiger partial charge in [0.05, 0.1) is 0 Å². The zero-order valence-corrected chi connectivity index (χ0v) is 14.4. The molecule has 1 aromatic heterocycles. The molecule has 6 nitrogen and oxygen atoms in total. The highest BCUT2D eigenvalue weighted by atomic mass is 19.1. The molecule has 2 amide bonds. The molecule has 1 aromatic carbocycles. The van der Waals surface area contributed by atoms with E-state index in [2.05, 4.69) is 10.4 Å². The summed E-state index contributed by atoms with van der Waals surface area (Å²) in [5, 5.41) is 7.16. The topological polar surface area (TPSA) is 67.2 Å². The highest BCUT2D eigenvalue weighted by molar-refractivity contribution is 5.94. The number of nitrogens with one attached hydrogen (secondary N) is 1. The van der Waals surface area contributed by atoms with Crippen molar-refractivity contribution in [3.05, 3.63) is 52.6 Å². The first-order valence-corrected chi connectivity index (χ1v) is 8.34. The molecule has 2 aromatic rings. The molecule has 0 unspecified atom stereocenters. The van der Waals surface area contributed by atoms with Crippen LogP contribution in [-0.2, 0) is 31.4 Å². The van der Waals surface area contributed by atoms with E-state index < -0.39 is 0 Å². The first kappa shape index (κ1) is 17.1. The number of hydrogen-bond acceptors (Lipinski definition) is 3. The molecule has 132 valence electrons. The van der Waals surface area contributed by atoms with Crippen molar-refractivity contribution in [1.82, 2.24) is 20.0 Å². The molecule has 0 fully saturated rings. The number of nitrogens with zero attached hydrogens (tertiary/aromatic N) is 3. The highest BCUT2D eigenvalue weighted by Gasteiger charge is 2.28. The van der Waals surface area contributed by atoms with E-state index in [4.69, 9.17) is 0 Å². The predicted octanol–water partition coefficient (Wildman–Crippen LogP) is 1.78. The lowest BCUT2D eigenvalue weighted by Crippen LogP contribution is -2.36. The molecule has 1 aliphatic rings. The number of carbonyl (C=O) groups excluding carboxylic acids is 2. The molecule has 7 heteroatoms. The summed E-state index contributed by atoms with van der Waals surface area (Å²) in [5.74, 6) is -0.520. The lowest BCUT2D eigenvalue weighted by Gasteiger charge is -2.27. The SMILES string of the molecule is CCC(=O)N1CCc2c(c(C(=O)NCc3ccc(F)cc3)nn2C)C1. The second-order valence-corrected chi connectivity index (χ2v) is 6.13. The van der Waals surface area contributed by atoms with E-state index in [9.17, 15) is 14.0 Å². The van der Waals surface area contributed by atoms with Crippen molar-refractivity contribution in [3.8, 4) is 0 Å². The maximum atomic E-state index is 12.9. The summed E-state index contributed by atoms with van der Waals surface area (Å²) >= 11 is 0. The predicted molar refractivity (Wildman–Crippen MR) is 90.2 cm³/mol. The minimum absolute atomic E-state index is 0.0761. The standard InChI is InChI=1S/C18H21FN4O2/c1-3-16(24)23-9-8-15-14(11-23)17(21-22(15)2)18(25)20-10-12-4-6-13(19)7-5-12/h4-7H,3,8-11H2,1-2H3,(H,20,25). The van der Waals surface area contributed by atoms with Crippen LogP contribution in [0.4, 0.5) is 4.39 Å². The summed E-state index contributed by atoms with van der Waals surface area (Å²) in [5.41, 5.74) is 2.97. The Labute approximate surface area is 145 Å². The Morgan fingerprint density at radius 2 is 2.00 bits per heavy atom. The fraction of sp³-hybridized carbons (Fsp3) is 0.389. The van der Waals surface area contributed by atoms with Gasteiger partial charge in [-0.05, 0) is 17.7 Å². The number of amides is 2. The van der Waals surface area contributed by atoms with Gasteiger partial charge in [0.25, 0.3) is 5.91 Å². The Bertz CT molecular complexity index is 798. The van der Waals surface area contributed by atoms with Crippen molar-refractivity contribution in [2.24, 2.45) is 7.05 Å². The second-order valence-electron chi connectivity index (χ2n) is 6.13. The Kier molecular flexibility index (Phi) is 4.83. The monoisotopic (exact) mass is 344 g/mol. The molecular formula is C18H21FN4O2. The number of aryl methyl sites for hydroxylation is 1. The molecule has 0 saturated carbocycles. The second kappa shape index (κ2) is 7.04. The van der Waals surface area contributed by atoms with Crippen LogP contribution < -0.4 is 5.32 Å². The van der Waals surface area contributed by atoms with Gasteiger partial charge in [-0.2, -0.15) is 5.10 Å². The third-order valence-electron chi connectivity index (χ3n) is 4.48. The maximum Gasteiger partial charge on any atom is 0.272 e. The number of halogens is 1. The molecule has 0 aliphatic carbocycles. The average Bonchev–Trinajstić information content (AvgIpc) is 2.96. The van der Waals surface area contributed by atoms with Crippen LogP contribution in [0, 0.1) is 5.82 Å². The number of carbonyl (C=O) groups is 2. The van der Waals surface area contributed by atoms with E-state index in [0.717, 1.165) is 16.8 Å². The third-order valence-corrected chi connectivity index (χ3v) is 4.48. The molecule has 0 atom stereocenters. The number of fused-ring (bicyclic) bond motifs is 1. The van der Waals surface area contributed by atoms with Gasteiger partial charge in [0.15, 0.2) is 5.69 Å². The maximum absolute atomic E-state index is 12.9. The van der Waals surface area contributed by atoms with Gasteiger partial charge >= 0.3 is 0 Å². The zero-order valence-electron chi connectivity index (χ0n) is 14.4. The lowest BCUT2D eigenvalue weighted by molar-refractivity contribution is -0.131. The molecule has 25 heavy (non-hydrogen) atoms. The number of rotatable bonds is 4. The van der Waals surface area contributed by atoms with Gasteiger partial charge in [0.1, 0.15) is 5.82 Å². The summed E-state index contributed by atoms with van der Waals surface area (Å²) in [7, 11) is 1.81. The summed E-state index contributed by atoms with van der Waals surface area (Å²) < 4.78 is 14.7. The van der Waals surface area contributed by atoms with E-state index in [0.29, 0.717) is 38.2 Å². The molecule has 0 saturated heterocycles. The van der Waals surface area contributed by atoms with Gasteiger partial charge < -0.3 is 10.2 Å². The molecule has 0 spiro atoms. The average molecular weight is 344 g/mol. The Morgan fingerprint density at radius 1 is 1.28 bits per heavy atom. The van der Waals surface area contributed by atoms with Crippen LogP contribution in [0.1, 0.15) is 40.7 Å². The van der Waals surface area contributed by atoms with E-state index in [1.807, 2.05) is 14.0 Å². The van der Waals surface area contributed by atoms with Crippen LogP contribution in [0.25, 0.3) is 0 Å². The number of hydrogen-bond donors (Lipinski definition) is 1. The summed E-state index contributed by atoms with van der Waals surface area (Å²) in [6.07, 6.45) is 1.14. The normalized spacial score (nSPS) is 13.5. The molecule has 1 aliphatic heterocycles. The fourth-order valence-electron chi connectivity index (χ4n) is 3.08. The van der Waals surface area contributed by atoms with Gasteiger partial charge in [-0.3, -0.25) is 14.3 Å². The molecule has 3 rings (SSSR count).